The van der Waals surface area contributed by atoms with Gasteiger partial charge in [0, 0.05) is 0 Å². The van der Waals surface area contributed by atoms with Gasteiger partial charge in [0.1, 0.15) is 12.2 Å². The topological polar surface area (TPSA) is 80.2 Å². The fourth-order valence-electron chi connectivity index (χ4n) is 2.65. The minimum Gasteiger partial charge on any atom is -0.460 e. The lowest BCUT2D eigenvalue weighted by Crippen LogP contribution is -2.52. The smallest absolute Gasteiger partial charge is 0.259 e. The summed E-state index contributed by atoms with van der Waals surface area (Å²) in [6.45, 7) is 0.267. The zero-order valence-corrected chi connectivity index (χ0v) is 12.1. The first kappa shape index (κ1) is 14.7. The first-order valence-electron chi connectivity index (χ1n) is 6.72. The number of hydrogen-bond acceptors (Lipinski definition) is 6. The Morgan fingerprint density at radius 1 is 1.33 bits per heavy atom. The summed E-state index contributed by atoms with van der Waals surface area (Å²) in [7, 11) is 0. The van der Waals surface area contributed by atoms with Crippen LogP contribution in [0, 0.1) is 0 Å². The van der Waals surface area contributed by atoms with Crippen molar-refractivity contribution in [2.75, 3.05) is 13.2 Å². The first-order valence-corrected chi connectivity index (χ1v) is 7.13. The highest BCUT2D eigenvalue weighted by Gasteiger charge is 2.61. The van der Waals surface area contributed by atoms with Crippen LogP contribution in [-0.2, 0) is 20.8 Å². The summed E-state index contributed by atoms with van der Waals surface area (Å²) in [5.74, 6) is 0. The Hall–Kier alpha value is -1.25. The Morgan fingerprint density at radius 2 is 2.10 bits per heavy atom. The first-order chi connectivity index (χ1) is 10.1. The van der Waals surface area contributed by atoms with E-state index in [9.17, 15) is 10.2 Å². The second-order valence-electron chi connectivity index (χ2n) is 5.15. The van der Waals surface area contributed by atoms with Crippen LogP contribution in [0.4, 0.5) is 0 Å². The molecule has 0 saturated carbocycles. The van der Waals surface area contributed by atoms with Gasteiger partial charge in [0.15, 0.2) is 6.10 Å². The van der Waals surface area contributed by atoms with E-state index in [-0.39, 0.29) is 18.4 Å². The van der Waals surface area contributed by atoms with E-state index in [1.165, 1.54) is 0 Å². The quantitative estimate of drug-likeness (QED) is 0.657. The number of ether oxygens (including phenoxy) is 3. The summed E-state index contributed by atoms with van der Waals surface area (Å²) in [6, 6.07) is 9.72. The van der Waals surface area contributed by atoms with E-state index >= 15 is 0 Å². The minimum absolute atomic E-state index is 0.153. The predicted molar refractivity (Wildman–Crippen MR) is 77.4 cm³/mol. The van der Waals surface area contributed by atoms with Gasteiger partial charge in [-0.25, -0.2) is 0 Å². The molecule has 3 rings (SSSR count). The van der Waals surface area contributed by atoms with Crippen LogP contribution < -0.4 is 5.32 Å². The second kappa shape index (κ2) is 5.86. The average Bonchev–Trinajstić information content (AvgIpc) is 2.93. The third-order valence-corrected chi connectivity index (χ3v) is 3.87. The average molecular weight is 311 g/mol. The van der Waals surface area contributed by atoms with Crippen molar-refractivity contribution in [3.05, 3.63) is 35.9 Å². The van der Waals surface area contributed by atoms with E-state index in [4.69, 9.17) is 26.4 Å². The highest BCUT2D eigenvalue weighted by Crippen LogP contribution is 2.36. The van der Waals surface area contributed by atoms with E-state index in [2.05, 4.69) is 5.32 Å². The van der Waals surface area contributed by atoms with E-state index in [1.54, 1.807) is 0 Å². The fourth-order valence-corrected chi connectivity index (χ4v) is 2.93. The molecule has 1 aromatic carbocycles. The van der Waals surface area contributed by atoms with Crippen molar-refractivity contribution in [3.63, 3.8) is 0 Å². The van der Waals surface area contributed by atoms with Crippen molar-refractivity contribution >= 4 is 17.4 Å². The van der Waals surface area contributed by atoms with E-state index < -0.39 is 24.0 Å². The van der Waals surface area contributed by atoms with Crippen LogP contribution in [0.15, 0.2) is 30.3 Å². The van der Waals surface area contributed by atoms with Crippen molar-refractivity contribution in [2.24, 2.45) is 0 Å². The zero-order chi connectivity index (χ0) is 14.9. The summed E-state index contributed by atoms with van der Waals surface area (Å²) >= 11 is 4.97. The molecule has 0 bridgehead atoms. The van der Waals surface area contributed by atoms with Gasteiger partial charge in [0.2, 0.25) is 5.72 Å². The second-order valence-corrected chi connectivity index (χ2v) is 5.52. The monoisotopic (exact) mass is 311 g/mol. The molecule has 6 nitrogen and oxygen atoms in total. The number of aliphatic hydroxyl groups is 2. The van der Waals surface area contributed by atoms with Gasteiger partial charge < -0.3 is 29.7 Å². The molecule has 0 aromatic heterocycles. The van der Waals surface area contributed by atoms with Crippen molar-refractivity contribution in [1.82, 2.24) is 5.32 Å². The summed E-state index contributed by atoms with van der Waals surface area (Å²) in [5.41, 5.74) is -0.0113. The molecule has 114 valence electrons. The number of nitrogens with one attached hydrogen (secondary N) is 1. The van der Waals surface area contributed by atoms with Crippen molar-refractivity contribution in [1.29, 1.82) is 0 Å². The number of rotatable bonds is 5. The Bertz CT molecular complexity index is 513. The molecule has 4 atom stereocenters. The number of thiocarbonyl (C=S) groups is 1. The Kier molecular flexibility index (Phi) is 4.10. The maximum absolute atomic E-state index is 10.1. The van der Waals surface area contributed by atoms with Gasteiger partial charge in [-0.05, 0) is 17.8 Å². The van der Waals surface area contributed by atoms with Crippen LogP contribution in [0.25, 0.3) is 0 Å². The molecule has 0 aliphatic carbocycles. The molecule has 0 amide bonds. The molecule has 2 fully saturated rings. The highest BCUT2D eigenvalue weighted by molar-refractivity contribution is 7.80. The summed E-state index contributed by atoms with van der Waals surface area (Å²) in [4.78, 5) is 0. The fraction of sp³-hybridized carbons (Fsp3) is 0.500. The van der Waals surface area contributed by atoms with Crippen molar-refractivity contribution < 1.29 is 24.4 Å². The number of hydrogen-bond donors (Lipinski definition) is 3. The normalized spacial score (nSPS) is 34.4. The molecule has 0 unspecified atom stereocenters. The molecule has 2 aliphatic heterocycles. The molecule has 2 saturated heterocycles. The maximum Gasteiger partial charge on any atom is 0.259 e. The van der Waals surface area contributed by atoms with Crippen LogP contribution in [0.3, 0.4) is 0 Å². The standard InChI is InChI=1S/C14H17NO5S/c16-6-10-11(17)12-14(20-10,15-13(21)19-12)8-18-7-9-4-2-1-3-5-9/h1-5,10-12,16-17H,6-8H2,(H,15,21)/t10-,11-,12+,14-/m1/s1. The summed E-state index contributed by atoms with van der Waals surface area (Å²) < 4.78 is 16.8. The van der Waals surface area contributed by atoms with Crippen molar-refractivity contribution in [2.45, 2.75) is 30.6 Å². The molecule has 2 heterocycles. The van der Waals surface area contributed by atoms with Gasteiger partial charge in [0.05, 0.1) is 19.8 Å². The predicted octanol–water partition coefficient (Wildman–Crippen LogP) is -0.0752. The zero-order valence-electron chi connectivity index (χ0n) is 11.3. The van der Waals surface area contributed by atoms with Crippen LogP contribution in [0.5, 0.6) is 0 Å². The van der Waals surface area contributed by atoms with Gasteiger partial charge >= 0.3 is 0 Å². The van der Waals surface area contributed by atoms with Crippen LogP contribution in [0.1, 0.15) is 5.56 Å². The number of fused-ring (bicyclic) bond motifs is 1. The van der Waals surface area contributed by atoms with Gasteiger partial charge in [-0.15, -0.1) is 0 Å². The van der Waals surface area contributed by atoms with E-state index in [1.807, 2.05) is 30.3 Å². The Balaban J connectivity index is 1.66. The molecular weight excluding hydrogens is 294 g/mol. The lowest BCUT2D eigenvalue weighted by molar-refractivity contribution is -0.123. The Morgan fingerprint density at radius 3 is 2.81 bits per heavy atom. The SMILES string of the molecule is OC[C@H]1O[C@@]2(COCc3ccccc3)NC(=S)O[C@H]2[C@@H]1O. The van der Waals surface area contributed by atoms with Gasteiger partial charge in [-0.2, -0.15) is 0 Å². The van der Waals surface area contributed by atoms with Crippen LogP contribution in [-0.4, -0.2) is 52.6 Å². The largest absolute Gasteiger partial charge is 0.460 e. The maximum atomic E-state index is 10.1. The molecule has 21 heavy (non-hydrogen) atoms. The molecule has 0 radical (unpaired) electrons. The molecule has 1 aromatic rings. The summed E-state index contributed by atoms with van der Waals surface area (Å²) in [6.07, 6.45) is -2.35. The molecule has 0 spiro atoms. The van der Waals surface area contributed by atoms with E-state index in [0.29, 0.717) is 6.61 Å². The molecule has 7 heteroatoms. The van der Waals surface area contributed by atoms with Gasteiger partial charge in [0.25, 0.3) is 5.17 Å². The van der Waals surface area contributed by atoms with Gasteiger partial charge in [-0.1, -0.05) is 30.3 Å². The van der Waals surface area contributed by atoms with E-state index in [0.717, 1.165) is 5.56 Å². The third kappa shape index (κ3) is 2.75. The van der Waals surface area contributed by atoms with Crippen LogP contribution >= 0.6 is 12.2 Å². The molecule has 2 aliphatic rings. The third-order valence-electron chi connectivity index (χ3n) is 3.67. The number of benzene rings is 1. The molecular formula is C14H17NO5S. The lowest BCUT2D eigenvalue weighted by atomic mass is 10.0. The summed E-state index contributed by atoms with van der Waals surface area (Å²) in [5, 5.41) is 22.4. The lowest BCUT2D eigenvalue weighted by Gasteiger charge is -2.26. The van der Waals surface area contributed by atoms with Crippen LogP contribution in [0.2, 0.25) is 0 Å². The Labute approximate surface area is 127 Å². The number of aliphatic hydroxyl groups excluding tert-OH is 2. The highest BCUT2D eigenvalue weighted by atomic mass is 32.1. The van der Waals surface area contributed by atoms with Gasteiger partial charge in [-0.3, -0.25) is 0 Å². The minimum atomic E-state index is -1.04. The van der Waals surface area contributed by atoms with Crippen molar-refractivity contribution in [3.8, 4) is 0 Å². The molecule has 3 N–H and O–H groups in total.